The number of nitrogens with one attached hydrogen (secondary N) is 1. The van der Waals surface area contributed by atoms with Gasteiger partial charge in [0.25, 0.3) is 17.6 Å². The van der Waals surface area contributed by atoms with Crippen molar-refractivity contribution >= 4 is 23.4 Å². The second-order valence-corrected chi connectivity index (χ2v) is 8.80. The molecule has 8 heteroatoms. The number of hydrogen-bond acceptors (Lipinski definition) is 5. The fourth-order valence-corrected chi connectivity index (χ4v) is 2.92. The fraction of sp³-hybridized carbons (Fsp3) is 0.360. The van der Waals surface area contributed by atoms with Gasteiger partial charge in [-0.25, -0.2) is 0 Å². The third-order valence-electron chi connectivity index (χ3n) is 4.34. The Morgan fingerprint density at radius 3 is 2.09 bits per heavy atom. The van der Waals surface area contributed by atoms with Crippen molar-refractivity contribution in [1.82, 2.24) is 20.4 Å². The average molecular weight is 471 g/mol. The van der Waals surface area contributed by atoms with E-state index in [-0.39, 0.29) is 23.7 Å². The normalized spacial score (nSPS) is 17.3. The summed E-state index contributed by atoms with van der Waals surface area (Å²) < 4.78 is 5.14. The highest BCUT2D eigenvalue weighted by atomic mass is 35.5. The van der Waals surface area contributed by atoms with Crippen LogP contribution in [0, 0.1) is 5.92 Å². The Balaban J connectivity index is 0.000000320. The summed E-state index contributed by atoms with van der Waals surface area (Å²) in [6.07, 6.45) is 0. The fourth-order valence-electron chi connectivity index (χ4n) is 2.80. The lowest BCUT2D eigenvalue weighted by Crippen LogP contribution is -2.59. The van der Waals surface area contributed by atoms with Gasteiger partial charge in [-0.3, -0.25) is 9.59 Å². The highest BCUT2D eigenvalue weighted by Gasteiger charge is 2.35. The van der Waals surface area contributed by atoms with Crippen LogP contribution in [-0.2, 0) is 4.79 Å². The Bertz CT molecular complexity index is 977. The molecule has 2 heterocycles. The van der Waals surface area contributed by atoms with Crippen LogP contribution in [0.2, 0.25) is 5.02 Å². The molecule has 1 fully saturated rings. The second kappa shape index (κ2) is 12.7. The zero-order chi connectivity index (χ0) is 24.4. The largest absolute Gasteiger partial charge is 0.350 e. The quantitative estimate of drug-likeness (QED) is 0.563. The summed E-state index contributed by atoms with van der Waals surface area (Å²) in [6, 6.07) is 18.1. The summed E-state index contributed by atoms with van der Waals surface area (Å²) in [5.74, 6) is 0.373. The highest BCUT2D eigenvalue weighted by Crippen LogP contribution is 2.20. The molecular weight excluding hydrogens is 440 g/mol. The van der Waals surface area contributed by atoms with E-state index in [2.05, 4.69) is 36.2 Å². The smallest absolute Gasteiger partial charge is 0.296 e. The predicted molar refractivity (Wildman–Crippen MR) is 130 cm³/mol. The van der Waals surface area contributed by atoms with Crippen LogP contribution >= 0.6 is 11.6 Å². The Kier molecular flexibility index (Phi) is 10.1. The maximum Gasteiger partial charge on any atom is 0.296 e. The number of aromatic nitrogens is 2. The van der Waals surface area contributed by atoms with Gasteiger partial charge in [0, 0.05) is 23.2 Å². The van der Waals surface area contributed by atoms with Crippen molar-refractivity contribution in [2.24, 2.45) is 5.92 Å². The molecule has 1 aliphatic rings. The lowest BCUT2D eigenvalue weighted by atomic mass is 10.1. The van der Waals surface area contributed by atoms with Gasteiger partial charge in [-0.15, -0.1) is 0 Å². The molecule has 7 nitrogen and oxygen atoms in total. The lowest BCUT2D eigenvalue weighted by Gasteiger charge is -2.35. The summed E-state index contributed by atoms with van der Waals surface area (Å²) in [5, 5.41) is 7.11. The molecule has 0 bridgehead atoms. The maximum atomic E-state index is 12.5. The van der Waals surface area contributed by atoms with Crippen LogP contribution in [0.4, 0.5) is 0 Å². The standard InChI is InChI=1S/C15H15ClN4O3.C6H6.C4H10/c1-8-7-20(9(2)13(21)17-8)15(22)12-18-14(23-19-12)10-3-5-11(16)6-4-10;1-2-4-6-5-3-1;1-4(2)3/h3-6,8-9H,7H2,1-2H3,(H,17,21);1-6H;4H,1-3H3. The van der Waals surface area contributed by atoms with Gasteiger partial charge in [0.1, 0.15) is 6.04 Å². The van der Waals surface area contributed by atoms with Gasteiger partial charge in [-0.2, -0.15) is 4.98 Å². The summed E-state index contributed by atoms with van der Waals surface area (Å²) in [7, 11) is 0. The molecule has 33 heavy (non-hydrogen) atoms. The van der Waals surface area contributed by atoms with Crippen LogP contribution in [0.3, 0.4) is 0 Å². The van der Waals surface area contributed by atoms with E-state index in [9.17, 15) is 9.59 Å². The van der Waals surface area contributed by atoms with Gasteiger partial charge in [0.05, 0.1) is 0 Å². The zero-order valence-electron chi connectivity index (χ0n) is 19.7. The number of carbonyl (C=O) groups excluding carboxylic acids is 2. The van der Waals surface area contributed by atoms with Crippen LogP contribution in [-0.4, -0.2) is 45.5 Å². The van der Waals surface area contributed by atoms with E-state index >= 15 is 0 Å². The molecule has 176 valence electrons. The van der Waals surface area contributed by atoms with Crippen LogP contribution in [0.15, 0.2) is 65.2 Å². The molecule has 0 radical (unpaired) electrons. The summed E-state index contributed by atoms with van der Waals surface area (Å²) in [5.41, 5.74) is 0.666. The number of nitrogens with zero attached hydrogens (tertiary/aromatic N) is 3. The van der Waals surface area contributed by atoms with E-state index in [1.807, 2.05) is 43.3 Å². The summed E-state index contributed by atoms with van der Waals surface area (Å²) >= 11 is 5.83. The first-order chi connectivity index (χ1) is 15.7. The molecule has 4 rings (SSSR count). The van der Waals surface area contributed by atoms with Crippen molar-refractivity contribution < 1.29 is 14.1 Å². The van der Waals surface area contributed by atoms with E-state index in [1.54, 1.807) is 31.2 Å². The first kappa shape index (κ1) is 26.1. The number of hydrogen-bond donors (Lipinski definition) is 1. The van der Waals surface area contributed by atoms with Crippen molar-refractivity contribution in [3.8, 4) is 11.5 Å². The number of halogens is 1. The molecule has 2 aromatic carbocycles. The van der Waals surface area contributed by atoms with Crippen LogP contribution < -0.4 is 5.32 Å². The van der Waals surface area contributed by atoms with E-state index in [0.29, 0.717) is 17.1 Å². The van der Waals surface area contributed by atoms with Crippen LogP contribution in [0.5, 0.6) is 0 Å². The van der Waals surface area contributed by atoms with Crippen molar-refractivity contribution in [3.63, 3.8) is 0 Å². The Morgan fingerprint density at radius 2 is 1.58 bits per heavy atom. The highest BCUT2D eigenvalue weighted by molar-refractivity contribution is 6.30. The maximum absolute atomic E-state index is 12.5. The number of benzene rings is 2. The molecule has 2 unspecified atom stereocenters. The summed E-state index contributed by atoms with van der Waals surface area (Å²) in [6.45, 7) is 10.4. The molecule has 0 spiro atoms. The lowest BCUT2D eigenvalue weighted by molar-refractivity contribution is -0.128. The Labute approximate surface area is 200 Å². The van der Waals surface area contributed by atoms with Crippen LogP contribution in [0.1, 0.15) is 45.2 Å². The molecular formula is C25H31ClN4O3. The van der Waals surface area contributed by atoms with Gasteiger partial charge in [-0.1, -0.05) is 73.9 Å². The Hall–Kier alpha value is -3.19. The molecule has 3 aromatic rings. The first-order valence-corrected chi connectivity index (χ1v) is 11.3. The monoisotopic (exact) mass is 470 g/mol. The molecule has 0 aliphatic carbocycles. The average Bonchev–Trinajstić information content (AvgIpc) is 3.28. The van der Waals surface area contributed by atoms with E-state index in [4.69, 9.17) is 16.1 Å². The van der Waals surface area contributed by atoms with Crippen molar-refractivity contribution in [2.75, 3.05) is 6.54 Å². The minimum Gasteiger partial charge on any atom is -0.350 e. The minimum atomic E-state index is -0.573. The van der Waals surface area contributed by atoms with Gasteiger partial charge >= 0.3 is 0 Å². The van der Waals surface area contributed by atoms with Crippen LogP contribution in [0.25, 0.3) is 11.5 Å². The van der Waals surface area contributed by atoms with Gasteiger partial charge < -0.3 is 14.7 Å². The van der Waals surface area contributed by atoms with E-state index in [1.165, 1.54) is 4.90 Å². The van der Waals surface area contributed by atoms with Gasteiger partial charge in [-0.05, 0) is 44.0 Å². The first-order valence-electron chi connectivity index (χ1n) is 10.9. The molecule has 0 saturated carbocycles. The number of carbonyl (C=O) groups is 2. The number of amides is 2. The second-order valence-electron chi connectivity index (χ2n) is 8.36. The Morgan fingerprint density at radius 1 is 1.06 bits per heavy atom. The molecule has 1 aliphatic heterocycles. The topological polar surface area (TPSA) is 88.3 Å². The third kappa shape index (κ3) is 8.35. The molecule has 1 saturated heterocycles. The number of rotatable bonds is 2. The number of piperazine rings is 1. The van der Waals surface area contributed by atoms with Crippen molar-refractivity contribution in [1.29, 1.82) is 0 Å². The van der Waals surface area contributed by atoms with Gasteiger partial charge in [0.2, 0.25) is 5.91 Å². The summed E-state index contributed by atoms with van der Waals surface area (Å²) in [4.78, 5) is 29.9. The van der Waals surface area contributed by atoms with Gasteiger partial charge in [0.15, 0.2) is 0 Å². The van der Waals surface area contributed by atoms with E-state index < -0.39 is 11.9 Å². The molecule has 2 atom stereocenters. The minimum absolute atomic E-state index is 0.0660. The zero-order valence-corrected chi connectivity index (χ0v) is 20.4. The molecule has 1 aromatic heterocycles. The molecule has 1 N–H and O–H groups in total. The van der Waals surface area contributed by atoms with Crippen molar-refractivity contribution in [3.05, 3.63) is 71.5 Å². The van der Waals surface area contributed by atoms with Crippen molar-refractivity contribution in [2.45, 2.75) is 46.7 Å². The SMILES string of the molecule is CC(C)C.CC1CN(C(=O)c2noc(-c3ccc(Cl)cc3)n2)C(C)C(=O)N1.c1ccccc1. The predicted octanol–water partition coefficient (Wildman–Crippen LogP) is 5.09. The molecule has 2 amide bonds. The van der Waals surface area contributed by atoms with E-state index in [0.717, 1.165) is 5.92 Å². The third-order valence-corrected chi connectivity index (χ3v) is 4.59.